The number of hydrogen-bond acceptors (Lipinski definition) is 4. The van der Waals surface area contributed by atoms with Crippen molar-refractivity contribution >= 4 is 0 Å². The van der Waals surface area contributed by atoms with E-state index in [0.717, 1.165) is 55.6 Å². The van der Waals surface area contributed by atoms with Gasteiger partial charge in [-0.3, -0.25) is 0 Å². The van der Waals surface area contributed by atoms with Crippen molar-refractivity contribution in [3.63, 3.8) is 0 Å². The van der Waals surface area contributed by atoms with E-state index >= 15 is 0 Å². The average molecular weight is 947 g/mol. The van der Waals surface area contributed by atoms with Crippen molar-refractivity contribution in [3.05, 3.63) is 202 Å². The lowest BCUT2D eigenvalue weighted by molar-refractivity contribution is 0.467. The van der Waals surface area contributed by atoms with Gasteiger partial charge < -0.3 is 20.4 Å². The Labute approximate surface area is 427 Å². The Bertz CT molecular complexity index is 3240. The van der Waals surface area contributed by atoms with Crippen LogP contribution >= 0.6 is 0 Å². The molecule has 0 atom stereocenters. The van der Waals surface area contributed by atoms with Crippen LogP contribution in [0.3, 0.4) is 0 Å². The van der Waals surface area contributed by atoms with Gasteiger partial charge in [-0.25, -0.2) is 0 Å². The molecule has 0 spiro atoms. The fourth-order valence-electron chi connectivity index (χ4n) is 8.78. The standard InChI is InChI=1S/C68H66O4/c1-65(2,3)51-35-49(31-29-43-21-15-13-16-22-43)61(69)57(39-51)59-41-53(67(7,8)9)37-55(63(59)71)47-27-19-25-45(33-47)46-26-20-28-48(34-46)56-38-54(68(10,11)12)42-60(64(56)72)58-40-52(66(4,5)6)36-50(62(58)70)32-30-44-23-17-14-18-24-44/h13-28,33-42,69-72H,1-12H3. The molecule has 362 valence electrons. The molecule has 0 aliphatic carbocycles. The summed E-state index contributed by atoms with van der Waals surface area (Å²) in [7, 11) is 0. The highest BCUT2D eigenvalue weighted by Crippen LogP contribution is 2.49. The maximum absolute atomic E-state index is 12.5. The summed E-state index contributed by atoms with van der Waals surface area (Å²) in [6.45, 7) is 25.7. The van der Waals surface area contributed by atoms with Crippen molar-refractivity contribution in [1.82, 2.24) is 0 Å². The first-order valence-corrected chi connectivity index (χ1v) is 24.7. The van der Waals surface area contributed by atoms with E-state index in [4.69, 9.17) is 0 Å². The molecule has 8 aromatic rings. The Hall–Kier alpha value is -7.92. The predicted molar refractivity (Wildman–Crippen MR) is 300 cm³/mol. The molecular weight excluding hydrogens is 881 g/mol. The van der Waals surface area contributed by atoms with E-state index in [1.807, 2.05) is 121 Å². The Morgan fingerprint density at radius 2 is 0.542 bits per heavy atom. The van der Waals surface area contributed by atoms with Crippen LogP contribution < -0.4 is 0 Å². The summed E-state index contributed by atoms with van der Waals surface area (Å²) < 4.78 is 0. The van der Waals surface area contributed by atoms with Gasteiger partial charge in [0, 0.05) is 44.5 Å². The molecule has 0 unspecified atom stereocenters. The molecule has 4 N–H and O–H groups in total. The zero-order valence-electron chi connectivity index (χ0n) is 43.8. The summed E-state index contributed by atoms with van der Waals surface area (Å²) in [4.78, 5) is 0. The van der Waals surface area contributed by atoms with Crippen LogP contribution in [0.2, 0.25) is 0 Å². The van der Waals surface area contributed by atoms with Gasteiger partial charge in [-0.2, -0.15) is 0 Å². The lowest BCUT2D eigenvalue weighted by Gasteiger charge is -2.25. The quantitative estimate of drug-likeness (QED) is 0.130. The maximum Gasteiger partial charge on any atom is 0.139 e. The summed E-state index contributed by atoms with van der Waals surface area (Å²) in [5.41, 5.74) is 12.2. The van der Waals surface area contributed by atoms with E-state index in [9.17, 15) is 20.4 Å². The number of aromatic hydroxyl groups is 4. The van der Waals surface area contributed by atoms with Crippen LogP contribution in [0.25, 0.3) is 55.6 Å². The van der Waals surface area contributed by atoms with Gasteiger partial charge in [-0.05, 0) is 151 Å². The van der Waals surface area contributed by atoms with Gasteiger partial charge in [-0.1, -0.05) is 180 Å². The number of rotatable bonds is 5. The van der Waals surface area contributed by atoms with Crippen LogP contribution in [0.4, 0.5) is 0 Å². The molecule has 8 aromatic carbocycles. The van der Waals surface area contributed by atoms with Crippen molar-refractivity contribution in [2.24, 2.45) is 0 Å². The molecule has 0 bridgehead atoms. The molecule has 72 heavy (non-hydrogen) atoms. The minimum absolute atomic E-state index is 0.0144. The largest absolute Gasteiger partial charge is 0.507 e. The van der Waals surface area contributed by atoms with Crippen LogP contribution in [0.5, 0.6) is 23.0 Å². The van der Waals surface area contributed by atoms with Crippen molar-refractivity contribution < 1.29 is 20.4 Å². The van der Waals surface area contributed by atoms with Gasteiger partial charge in [0.05, 0.1) is 11.1 Å². The Balaban J connectivity index is 1.26. The maximum atomic E-state index is 12.5. The van der Waals surface area contributed by atoms with Gasteiger partial charge >= 0.3 is 0 Å². The highest BCUT2D eigenvalue weighted by Gasteiger charge is 2.27. The Morgan fingerprint density at radius 3 is 0.861 bits per heavy atom. The van der Waals surface area contributed by atoms with Crippen molar-refractivity contribution in [3.8, 4) is 102 Å². The van der Waals surface area contributed by atoms with Gasteiger partial charge in [0.2, 0.25) is 0 Å². The SMILES string of the molecule is CC(C)(C)c1cc(C#Cc2ccccc2)c(O)c(-c2cc(C(C)(C)C)cc(-c3cccc(-c4cccc(-c5cc(C(C)(C)C)cc(-c6cc(C(C)(C)C)cc(C#Cc7ccccc7)c6O)c5O)c4)c3)c2O)c1. The number of hydrogen-bond donors (Lipinski definition) is 4. The second-order valence-corrected chi connectivity index (χ2v) is 23.1. The minimum atomic E-state index is -0.305. The van der Waals surface area contributed by atoms with Crippen molar-refractivity contribution in [1.29, 1.82) is 0 Å². The lowest BCUT2D eigenvalue weighted by Crippen LogP contribution is -2.13. The first-order chi connectivity index (χ1) is 33.9. The number of benzene rings is 8. The average Bonchev–Trinajstić information content (AvgIpc) is 3.33. The van der Waals surface area contributed by atoms with Gasteiger partial charge in [0.1, 0.15) is 23.0 Å². The molecule has 0 aromatic heterocycles. The molecule has 0 fully saturated rings. The normalized spacial score (nSPS) is 11.9. The molecule has 4 nitrogen and oxygen atoms in total. The Kier molecular flexibility index (Phi) is 13.6. The third kappa shape index (κ3) is 10.9. The number of phenols is 4. The molecule has 0 saturated carbocycles. The van der Waals surface area contributed by atoms with E-state index in [-0.39, 0.29) is 44.7 Å². The van der Waals surface area contributed by atoms with Crippen LogP contribution in [-0.2, 0) is 21.7 Å². The van der Waals surface area contributed by atoms with Crippen molar-refractivity contribution in [2.45, 2.75) is 105 Å². The monoisotopic (exact) mass is 946 g/mol. The van der Waals surface area contributed by atoms with Gasteiger partial charge in [0.25, 0.3) is 0 Å². The molecule has 0 heterocycles. The third-order valence-corrected chi connectivity index (χ3v) is 13.4. The second-order valence-electron chi connectivity index (χ2n) is 23.1. The van der Waals surface area contributed by atoms with E-state index in [1.165, 1.54) is 0 Å². The summed E-state index contributed by atoms with van der Waals surface area (Å²) in [6, 6.07) is 51.6. The Morgan fingerprint density at radius 1 is 0.264 bits per heavy atom. The molecular formula is C68H66O4. The molecule has 0 amide bonds. The summed E-state index contributed by atoms with van der Waals surface area (Å²) in [5, 5.41) is 49.1. The van der Waals surface area contributed by atoms with E-state index in [1.54, 1.807) is 0 Å². The fraction of sp³-hybridized carbons (Fsp3) is 0.235. The highest BCUT2D eigenvalue weighted by atomic mass is 16.3. The van der Waals surface area contributed by atoms with E-state index in [0.29, 0.717) is 44.5 Å². The van der Waals surface area contributed by atoms with E-state index in [2.05, 4.69) is 143 Å². The number of phenolic OH excluding ortho intramolecular Hbond substituents is 4. The smallest absolute Gasteiger partial charge is 0.139 e. The summed E-state index contributed by atoms with van der Waals surface area (Å²) in [5.74, 6) is 13.1. The molecule has 4 heteroatoms. The minimum Gasteiger partial charge on any atom is -0.507 e. The summed E-state index contributed by atoms with van der Waals surface area (Å²) in [6.07, 6.45) is 0. The molecule has 0 radical (unpaired) electrons. The molecule has 0 aliphatic rings. The third-order valence-electron chi connectivity index (χ3n) is 13.4. The van der Waals surface area contributed by atoms with Crippen LogP contribution in [0.1, 0.15) is 128 Å². The molecule has 0 aliphatic heterocycles. The first-order valence-electron chi connectivity index (χ1n) is 24.7. The zero-order chi connectivity index (χ0) is 51.9. The van der Waals surface area contributed by atoms with Crippen LogP contribution in [-0.4, -0.2) is 20.4 Å². The van der Waals surface area contributed by atoms with Gasteiger partial charge in [-0.15, -0.1) is 0 Å². The predicted octanol–water partition coefficient (Wildman–Crippen LogP) is 16.8. The van der Waals surface area contributed by atoms with Crippen LogP contribution in [0.15, 0.2) is 158 Å². The molecule has 0 saturated heterocycles. The molecule has 8 rings (SSSR count). The lowest BCUT2D eigenvalue weighted by atomic mass is 9.80. The topological polar surface area (TPSA) is 80.9 Å². The zero-order valence-corrected chi connectivity index (χ0v) is 43.8. The summed E-state index contributed by atoms with van der Waals surface area (Å²) >= 11 is 0. The van der Waals surface area contributed by atoms with Crippen LogP contribution in [0, 0.1) is 23.7 Å². The first kappa shape index (κ1) is 50.5. The van der Waals surface area contributed by atoms with Crippen molar-refractivity contribution in [2.75, 3.05) is 0 Å². The van der Waals surface area contributed by atoms with E-state index < -0.39 is 0 Å². The second kappa shape index (κ2) is 19.4. The fourth-order valence-corrected chi connectivity index (χ4v) is 8.78. The highest BCUT2D eigenvalue weighted by molar-refractivity contribution is 5.90. The van der Waals surface area contributed by atoms with Gasteiger partial charge in [0.15, 0.2) is 0 Å².